The first kappa shape index (κ1) is 10.9. The molecular formula is C13H12N4O. The van der Waals surface area contributed by atoms with Crippen LogP contribution in [0, 0.1) is 0 Å². The van der Waals surface area contributed by atoms with Gasteiger partial charge in [0.15, 0.2) is 0 Å². The molecule has 5 nitrogen and oxygen atoms in total. The number of fused-ring (bicyclic) bond motifs is 1. The van der Waals surface area contributed by atoms with Crippen molar-refractivity contribution < 1.29 is 5.11 Å². The maximum atomic E-state index is 8.86. The van der Waals surface area contributed by atoms with Gasteiger partial charge in [0.25, 0.3) is 0 Å². The summed E-state index contributed by atoms with van der Waals surface area (Å²) in [5.74, 6) is 0. The van der Waals surface area contributed by atoms with Gasteiger partial charge in [-0.25, -0.2) is 4.68 Å². The molecule has 0 unspecified atom stereocenters. The molecule has 2 heterocycles. The Labute approximate surface area is 104 Å². The lowest BCUT2D eigenvalue weighted by Crippen LogP contribution is -1.94. The number of hydrogen-bond donors (Lipinski definition) is 1. The highest BCUT2D eigenvalue weighted by Crippen LogP contribution is 2.16. The van der Waals surface area contributed by atoms with E-state index in [2.05, 4.69) is 15.3 Å². The van der Waals surface area contributed by atoms with Crippen LogP contribution in [0.1, 0.15) is 5.69 Å². The maximum Gasteiger partial charge on any atom is 0.0854 e. The fourth-order valence-electron chi connectivity index (χ4n) is 1.86. The van der Waals surface area contributed by atoms with Crippen molar-refractivity contribution in [2.24, 2.45) is 0 Å². The summed E-state index contributed by atoms with van der Waals surface area (Å²) in [7, 11) is 0. The second kappa shape index (κ2) is 4.54. The molecule has 0 aliphatic heterocycles. The van der Waals surface area contributed by atoms with Gasteiger partial charge in [-0.2, -0.15) is 0 Å². The zero-order valence-electron chi connectivity index (χ0n) is 9.69. The van der Waals surface area contributed by atoms with Gasteiger partial charge in [0, 0.05) is 24.6 Å². The normalized spacial score (nSPS) is 10.9. The van der Waals surface area contributed by atoms with E-state index in [9.17, 15) is 0 Å². The van der Waals surface area contributed by atoms with Gasteiger partial charge in [-0.1, -0.05) is 11.3 Å². The molecule has 3 aromatic rings. The van der Waals surface area contributed by atoms with E-state index in [0.29, 0.717) is 6.42 Å². The van der Waals surface area contributed by atoms with Crippen molar-refractivity contribution in [1.29, 1.82) is 0 Å². The Bertz CT molecular complexity index is 677. The Hall–Kier alpha value is -2.27. The second-order valence-electron chi connectivity index (χ2n) is 4.01. The summed E-state index contributed by atoms with van der Waals surface area (Å²) in [4.78, 5) is 4.27. The zero-order valence-corrected chi connectivity index (χ0v) is 9.69. The molecule has 0 spiro atoms. The number of aliphatic hydroxyl groups excluding tert-OH is 1. The fourth-order valence-corrected chi connectivity index (χ4v) is 1.86. The molecule has 0 atom stereocenters. The minimum absolute atomic E-state index is 0.0837. The molecule has 18 heavy (non-hydrogen) atoms. The molecule has 0 bridgehead atoms. The van der Waals surface area contributed by atoms with E-state index >= 15 is 0 Å². The van der Waals surface area contributed by atoms with Crippen molar-refractivity contribution in [2.75, 3.05) is 6.61 Å². The Kier molecular flexibility index (Phi) is 2.74. The van der Waals surface area contributed by atoms with Crippen LogP contribution in [0.3, 0.4) is 0 Å². The molecule has 0 saturated heterocycles. The third-order valence-electron chi connectivity index (χ3n) is 2.76. The molecule has 0 fully saturated rings. The van der Waals surface area contributed by atoms with Gasteiger partial charge in [-0.15, -0.1) is 5.10 Å². The van der Waals surface area contributed by atoms with E-state index < -0.39 is 0 Å². The average molecular weight is 240 g/mol. The summed E-state index contributed by atoms with van der Waals surface area (Å²) in [5.41, 5.74) is 2.67. The largest absolute Gasteiger partial charge is 0.396 e. The molecule has 1 aromatic carbocycles. The van der Waals surface area contributed by atoms with Crippen molar-refractivity contribution in [3.8, 4) is 5.69 Å². The van der Waals surface area contributed by atoms with Crippen LogP contribution in [0.25, 0.3) is 16.6 Å². The number of rotatable bonds is 3. The Morgan fingerprint density at radius 3 is 3.06 bits per heavy atom. The zero-order chi connectivity index (χ0) is 12.4. The monoisotopic (exact) mass is 240 g/mol. The summed E-state index contributed by atoms with van der Waals surface area (Å²) in [6, 6.07) is 9.84. The van der Waals surface area contributed by atoms with Crippen molar-refractivity contribution in [1.82, 2.24) is 20.0 Å². The predicted octanol–water partition coefficient (Wildman–Crippen LogP) is 1.35. The first-order valence-electron chi connectivity index (χ1n) is 5.74. The highest BCUT2D eigenvalue weighted by atomic mass is 16.3. The van der Waals surface area contributed by atoms with Crippen LogP contribution in [-0.4, -0.2) is 31.7 Å². The Morgan fingerprint density at radius 1 is 1.22 bits per heavy atom. The first-order valence-corrected chi connectivity index (χ1v) is 5.74. The summed E-state index contributed by atoms with van der Waals surface area (Å²) in [6.45, 7) is 0.0837. The lowest BCUT2D eigenvalue weighted by Gasteiger charge is -2.01. The number of aromatic nitrogens is 4. The number of nitrogens with zero attached hydrogens (tertiary/aromatic N) is 4. The van der Waals surface area contributed by atoms with Crippen LogP contribution in [0.4, 0.5) is 0 Å². The molecule has 0 saturated carbocycles. The van der Waals surface area contributed by atoms with E-state index in [0.717, 1.165) is 22.3 Å². The van der Waals surface area contributed by atoms with Crippen molar-refractivity contribution in [3.05, 3.63) is 48.4 Å². The minimum Gasteiger partial charge on any atom is -0.396 e. The van der Waals surface area contributed by atoms with Crippen LogP contribution in [0.15, 0.2) is 42.7 Å². The van der Waals surface area contributed by atoms with E-state index in [1.54, 1.807) is 10.9 Å². The molecule has 0 aliphatic rings. The molecule has 5 heteroatoms. The molecule has 2 aromatic heterocycles. The third kappa shape index (κ3) is 1.96. The average Bonchev–Trinajstić information content (AvgIpc) is 2.87. The molecule has 0 amide bonds. The highest BCUT2D eigenvalue weighted by molar-refractivity contribution is 5.80. The second-order valence-corrected chi connectivity index (χ2v) is 4.01. The van der Waals surface area contributed by atoms with Crippen molar-refractivity contribution in [2.45, 2.75) is 6.42 Å². The molecule has 3 rings (SSSR count). The topological polar surface area (TPSA) is 63.8 Å². The van der Waals surface area contributed by atoms with Crippen LogP contribution in [0.5, 0.6) is 0 Å². The van der Waals surface area contributed by atoms with E-state index in [-0.39, 0.29) is 6.61 Å². The molecule has 0 aliphatic carbocycles. The molecular weight excluding hydrogens is 228 g/mol. The molecule has 90 valence electrons. The summed E-state index contributed by atoms with van der Waals surface area (Å²) >= 11 is 0. The standard InChI is InChI=1S/C13H12N4O/c18-7-5-11-9-17(16-15-11)12-3-4-13-10(8-12)2-1-6-14-13/h1-4,6,8-9,18H,5,7H2. The SMILES string of the molecule is OCCc1cn(-c2ccc3ncccc3c2)nn1. The van der Waals surface area contributed by atoms with Gasteiger partial charge in [-0.3, -0.25) is 4.98 Å². The quantitative estimate of drug-likeness (QED) is 0.750. The fraction of sp³-hybridized carbons (Fsp3) is 0.154. The minimum atomic E-state index is 0.0837. The number of aliphatic hydroxyl groups is 1. The Balaban J connectivity index is 2.02. The van der Waals surface area contributed by atoms with Crippen molar-refractivity contribution >= 4 is 10.9 Å². The summed E-state index contributed by atoms with van der Waals surface area (Å²) in [5, 5.41) is 18.0. The van der Waals surface area contributed by atoms with Gasteiger partial charge in [0.05, 0.1) is 23.1 Å². The van der Waals surface area contributed by atoms with Gasteiger partial charge < -0.3 is 5.11 Å². The highest BCUT2D eigenvalue weighted by Gasteiger charge is 2.03. The smallest absolute Gasteiger partial charge is 0.0854 e. The lowest BCUT2D eigenvalue weighted by molar-refractivity contribution is 0.298. The summed E-state index contributed by atoms with van der Waals surface area (Å²) < 4.78 is 1.71. The van der Waals surface area contributed by atoms with Crippen molar-refractivity contribution in [3.63, 3.8) is 0 Å². The van der Waals surface area contributed by atoms with Gasteiger partial charge in [0.2, 0.25) is 0 Å². The Morgan fingerprint density at radius 2 is 2.17 bits per heavy atom. The van der Waals surface area contributed by atoms with E-state index in [1.165, 1.54) is 0 Å². The third-order valence-corrected chi connectivity index (χ3v) is 2.76. The molecule has 0 radical (unpaired) electrons. The van der Waals surface area contributed by atoms with Gasteiger partial charge in [0.1, 0.15) is 0 Å². The van der Waals surface area contributed by atoms with Crippen LogP contribution in [0.2, 0.25) is 0 Å². The maximum absolute atomic E-state index is 8.86. The number of pyridine rings is 1. The number of hydrogen-bond acceptors (Lipinski definition) is 4. The van der Waals surface area contributed by atoms with Crippen LogP contribution >= 0.6 is 0 Å². The first-order chi connectivity index (χ1) is 8.86. The predicted molar refractivity (Wildman–Crippen MR) is 67.4 cm³/mol. The van der Waals surface area contributed by atoms with E-state index in [1.807, 2.05) is 36.5 Å². The number of benzene rings is 1. The van der Waals surface area contributed by atoms with Gasteiger partial charge in [-0.05, 0) is 24.3 Å². The van der Waals surface area contributed by atoms with Crippen LogP contribution < -0.4 is 0 Å². The van der Waals surface area contributed by atoms with Gasteiger partial charge >= 0.3 is 0 Å². The molecule has 1 N–H and O–H groups in total. The summed E-state index contributed by atoms with van der Waals surface area (Å²) in [6.07, 6.45) is 4.12. The van der Waals surface area contributed by atoms with Crippen LogP contribution in [-0.2, 0) is 6.42 Å². The lowest BCUT2D eigenvalue weighted by atomic mass is 10.2. The van der Waals surface area contributed by atoms with E-state index in [4.69, 9.17) is 5.11 Å².